The summed E-state index contributed by atoms with van der Waals surface area (Å²) in [6.45, 7) is 6.20. The minimum atomic E-state index is -4.60. The van der Waals surface area contributed by atoms with Gasteiger partial charge in [0.25, 0.3) is 5.91 Å². The van der Waals surface area contributed by atoms with Gasteiger partial charge in [0.15, 0.2) is 17.4 Å². The number of urea groups is 1. The van der Waals surface area contributed by atoms with Crippen molar-refractivity contribution in [2.24, 2.45) is 0 Å². The Morgan fingerprint density at radius 3 is 2.77 bits per heavy atom. The molecule has 2 aromatic rings. The van der Waals surface area contributed by atoms with E-state index in [4.69, 9.17) is 14.2 Å². The SMILES string of the molecule is C[C@@H](NC(=O)c1ccc2c(n1)N(C(=O)Nc1cncc(OC[C@H]3COC(C)(C)O3)n1)C1CCN2C1)C(F)(F)F. The molecule has 5 rings (SSSR count). The normalized spacial score (nSPS) is 22.3. The third kappa shape index (κ3) is 5.83. The van der Waals surface area contributed by atoms with Crippen LogP contribution in [-0.4, -0.2) is 83.3 Å². The highest BCUT2D eigenvalue weighted by Crippen LogP contribution is 2.39. The van der Waals surface area contributed by atoms with Crippen LogP contribution in [0.5, 0.6) is 5.88 Å². The number of fused-ring (bicyclic) bond motifs is 4. The highest BCUT2D eigenvalue weighted by molar-refractivity contribution is 6.05. The molecular formula is C24H28F3N7O5. The molecule has 0 aromatic carbocycles. The zero-order valence-corrected chi connectivity index (χ0v) is 21.5. The molecule has 2 saturated heterocycles. The Labute approximate surface area is 221 Å². The molecule has 2 fully saturated rings. The molecule has 0 saturated carbocycles. The van der Waals surface area contributed by atoms with Crippen molar-refractivity contribution in [1.29, 1.82) is 0 Å². The van der Waals surface area contributed by atoms with Gasteiger partial charge in [0.05, 0.1) is 30.7 Å². The first-order chi connectivity index (χ1) is 18.4. The van der Waals surface area contributed by atoms with E-state index in [1.165, 1.54) is 23.4 Å². The van der Waals surface area contributed by atoms with Crippen LogP contribution in [0.4, 0.5) is 35.3 Å². The van der Waals surface area contributed by atoms with Gasteiger partial charge >= 0.3 is 12.2 Å². The lowest BCUT2D eigenvalue weighted by molar-refractivity contribution is -0.149. The molecule has 5 heterocycles. The van der Waals surface area contributed by atoms with E-state index < -0.39 is 29.9 Å². The van der Waals surface area contributed by atoms with Crippen molar-refractivity contribution in [3.05, 3.63) is 30.2 Å². The summed E-state index contributed by atoms with van der Waals surface area (Å²) < 4.78 is 55.7. The second-order valence-electron chi connectivity index (χ2n) is 9.97. The number of carbonyl (C=O) groups is 2. The molecule has 15 heteroatoms. The second-order valence-corrected chi connectivity index (χ2v) is 9.97. The standard InChI is InChI=1S/C24H28F3N7O5/c1-13(24(25,26)27)29-21(35)16-4-5-17-20(30-16)34(14-6-7-33(17)10-14)22(36)32-18-8-28-9-19(31-18)37-11-15-12-38-23(2,3)39-15/h4-5,8-9,13-15H,6-7,10-12H2,1-3H3,(H,29,35)(H,31,32,36)/t13-,14?,15+/m1/s1. The Morgan fingerprint density at radius 2 is 2.05 bits per heavy atom. The fraction of sp³-hybridized carbons (Fsp3) is 0.542. The summed E-state index contributed by atoms with van der Waals surface area (Å²) in [4.78, 5) is 42.0. The summed E-state index contributed by atoms with van der Waals surface area (Å²) in [6.07, 6.45) is -1.49. The fourth-order valence-corrected chi connectivity index (χ4v) is 4.62. The Bertz CT molecular complexity index is 1260. The molecule has 3 aliphatic rings. The summed E-state index contributed by atoms with van der Waals surface area (Å²) in [5, 5.41) is 4.59. The highest BCUT2D eigenvalue weighted by atomic mass is 19.4. The quantitative estimate of drug-likeness (QED) is 0.556. The van der Waals surface area contributed by atoms with Crippen molar-refractivity contribution in [2.45, 2.75) is 57.3 Å². The largest absolute Gasteiger partial charge is 0.474 e. The van der Waals surface area contributed by atoms with Crippen molar-refractivity contribution < 1.29 is 37.0 Å². The molecule has 39 heavy (non-hydrogen) atoms. The molecule has 3 atom stereocenters. The van der Waals surface area contributed by atoms with Gasteiger partial charge in [0, 0.05) is 13.1 Å². The number of nitrogens with zero attached hydrogens (tertiary/aromatic N) is 5. The van der Waals surface area contributed by atoms with Crippen molar-refractivity contribution in [3.63, 3.8) is 0 Å². The third-order valence-electron chi connectivity index (χ3n) is 6.57. The molecule has 12 nitrogen and oxygen atoms in total. The van der Waals surface area contributed by atoms with Gasteiger partial charge in [-0.3, -0.25) is 20.0 Å². The number of alkyl halides is 3. The van der Waals surface area contributed by atoms with Crippen molar-refractivity contribution in [3.8, 4) is 5.88 Å². The van der Waals surface area contributed by atoms with Gasteiger partial charge in [-0.1, -0.05) is 0 Å². The number of anilines is 3. The molecule has 0 aliphatic carbocycles. The van der Waals surface area contributed by atoms with Crippen LogP contribution in [0.1, 0.15) is 37.7 Å². The molecule has 3 aliphatic heterocycles. The lowest BCUT2D eigenvalue weighted by atomic mass is 10.1. The molecule has 210 valence electrons. The maximum Gasteiger partial charge on any atom is 0.408 e. The van der Waals surface area contributed by atoms with Crippen molar-refractivity contribution in [2.75, 3.05) is 41.4 Å². The molecule has 3 amide bonds. The Kier molecular flexibility index (Phi) is 6.97. The summed E-state index contributed by atoms with van der Waals surface area (Å²) in [5.41, 5.74) is 0.367. The fourth-order valence-electron chi connectivity index (χ4n) is 4.62. The third-order valence-corrected chi connectivity index (χ3v) is 6.57. The molecule has 1 unspecified atom stereocenters. The number of rotatable bonds is 6. The maximum absolute atomic E-state index is 13.4. The van der Waals surface area contributed by atoms with Gasteiger partial charge in [-0.25, -0.2) is 9.78 Å². The molecule has 2 bridgehead atoms. The number of amides is 3. The number of halogens is 3. The maximum atomic E-state index is 13.4. The van der Waals surface area contributed by atoms with Gasteiger partial charge in [-0.2, -0.15) is 18.2 Å². The first-order valence-electron chi connectivity index (χ1n) is 12.4. The Balaban J connectivity index is 1.31. The van der Waals surface area contributed by atoms with Crippen LogP contribution in [-0.2, 0) is 9.47 Å². The number of hydrogen-bond donors (Lipinski definition) is 2. The lowest BCUT2D eigenvalue weighted by Crippen LogP contribution is -2.49. The number of hydrogen-bond acceptors (Lipinski definition) is 9. The van der Waals surface area contributed by atoms with E-state index in [1.807, 2.05) is 10.2 Å². The zero-order chi connectivity index (χ0) is 27.9. The zero-order valence-electron chi connectivity index (χ0n) is 21.5. The van der Waals surface area contributed by atoms with Crippen molar-refractivity contribution in [1.82, 2.24) is 20.3 Å². The summed E-state index contributed by atoms with van der Waals surface area (Å²) in [7, 11) is 0. The van der Waals surface area contributed by atoms with Gasteiger partial charge < -0.3 is 24.4 Å². The minimum absolute atomic E-state index is 0.122. The van der Waals surface area contributed by atoms with Gasteiger partial charge in [0.2, 0.25) is 5.88 Å². The number of aromatic nitrogens is 3. The molecule has 2 N–H and O–H groups in total. The first-order valence-corrected chi connectivity index (χ1v) is 12.4. The topological polar surface area (TPSA) is 131 Å². The van der Waals surface area contributed by atoms with Gasteiger partial charge in [-0.15, -0.1) is 0 Å². The molecule has 0 radical (unpaired) electrons. The summed E-state index contributed by atoms with van der Waals surface area (Å²) in [5.74, 6) is -1.22. The van der Waals surface area contributed by atoms with Crippen LogP contribution in [0.15, 0.2) is 24.5 Å². The van der Waals surface area contributed by atoms with E-state index in [0.29, 0.717) is 31.8 Å². The predicted molar refractivity (Wildman–Crippen MR) is 132 cm³/mol. The van der Waals surface area contributed by atoms with Gasteiger partial charge in [0.1, 0.15) is 24.4 Å². The van der Waals surface area contributed by atoms with E-state index in [2.05, 4.69) is 20.3 Å². The molecular weight excluding hydrogens is 523 g/mol. The monoisotopic (exact) mass is 551 g/mol. The van der Waals surface area contributed by atoms with E-state index in [1.54, 1.807) is 19.9 Å². The van der Waals surface area contributed by atoms with Crippen LogP contribution < -0.4 is 25.2 Å². The Hall–Kier alpha value is -3.72. The average Bonchev–Trinajstić information content (AvgIpc) is 3.45. The van der Waals surface area contributed by atoms with E-state index in [-0.39, 0.29) is 42.0 Å². The number of ether oxygens (including phenoxy) is 3. The highest BCUT2D eigenvalue weighted by Gasteiger charge is 2.41. The summed E-state index contributed by atoms with van der Waals surface area (Å²) >= 11 is 0. The predicted octanol–water partition coefficient (Wildman–Crippen LogP) is 2.71. The first kappa shape index (κ1) is 26.9. The number of nitrogens with one attached hydrogen (secondary N) is 2. The average molecular weight is 552 g/mol. The van der Waals surface area contributed by atoms with Crippen LogP contribution in [0, 0.1) is 0 Å². The van der Waals surface area contributed by atoms with E-state index >= 15 is 0 Å². The minimum Gasteiger partial charge on any atom is -0.474 e. The smallest absolute Gasteiger partial charge is 0.408 e. The molecule has 2 aromatic heterocycles. The number of pyridine rings is 1. The van der Waals surface area contributed by atoms with Crippen LogP contribution >= 0.6 is 0 Å². The number of carbonyl (C=O) groups excluding carboxylic acids is 2. The van der Waals surface area contributed by atoms with Crippen molar-refractivity contribution >= 4 is 29.3 Å². The molecule has 0 spiro atoms. The van der Waals surface area contributed by atoms with E-state index in [0.717, 1.165) is 6.92 Å². The van der Waals surface area contributed by atoms with Crippen LogP contribution in [0.25, 0.3) is 0 Å². The summed E-state index contributed by atoms with van der Waals surface area (Å²) in [6, 6.07) is 0.0413. The second kappa shape index (κ2) is 10.1. The Morgan fingerprint density at radius 1 is 1.26 bits per heavy atom. The van der Waals surface area contributed by atoms with Crippen LogP contribution in [0.3, 0.4) is 0 Å². The van der Waals surface area contributed by atoms with Crippen LogP contribution in [0.2, 0.25) is 0 Å². The van der Waals surface area contributed by atoms with E-state index in [9.17, 15) is 22.8 Å². The lowest BCUT2D eigenvalue weighted by Gasteiger charge is -2.35. The van der Waals surface area contributed by atoms with Gasteiger partial charge in [-0.05, 0) is 39.3 Å².